The van der Waals surface area contributed by atoms with Crippen LogP contribution in [0.25, 0.3) is 38.4 Å². The first kappa shape index (κ1) is 21.6. The number of aromatic nitrogens is 4. The van der Waals surface area contributed by atoms with Crippen molar-refractivity contribution in [3.05, 3.63) is 93.1 Å². The van der Waals surface area contributed by atoms with E-state index in [9.17, 15) is 9.59 Å². The van der Waals surface area contributed by atoms with Crippen LogP contribution in [0.4, 0.5) is 0 Å². The summed E-state index contributed by atoms with van der Waals surface area (Å²) in [6.45, 7) is 2.68. The van der Waals surface area contributed by atoms with Crippen LogP contribution in [-0.2, 0) is 12.3 Å². The van der Waals surface area contributed by atoms with Crippen molar-refractivity contribution in [1.82, 2.24) is 19.2 Å². The average molecular weight is 483 g/mol. The van der Waals surface area contributed by atoms with Gasteiger partial charge in [0.05, 0.1) is 10.9 Å². The minimum atomic E-state index is -0.381. The van der Waals surface area contributed by atoms with Crippen LogP contribution in [0, 0.1) is 0 Å². The lowest BCUT2D eigenvalue weighted by Crippen LogP contribution is -2.23. The zero-order chi connectivity index (χ0) is 23.9. The molecule has 6 aromatic rings. The van der Waals surface area contributed by atoms with Crippen LogP contribution in [0.3, 0.4) is 0 Å². The summed E-state index contributed by atoms with van der Waals surface area (Å²) in [4.78, 5) is 25.5. The maximum atomic E-state index is 13.2. The smallest absolute Gasteiger partial charge is 0.336 e. The van der Waals surface area contributed by atoms with E-state index in [0.29, 0.717) is 34.2 Å². The average Bonchev–Trinajstić information content (AvgIpc) is 3.31. The Labute approximate surface area is 204 Å². The third kappa shape index (κ3) is 3.61. The van der Waals surface area contributed by atoms with E-state index in [1.807, 2.05) is 65.1 Å². The van der Waals surface area contributed by atoms with Gasteiger partial charge in [0.1, 0.15) is 5.58 Å². The number of unbranched alkanes of at least 4 members (excludes halogenated alkanes) is 1. The molecule has 8 heteroatoms. The SMILES string of the molecule is CCCCn1c(=O)c2ccccc2n2c(SCc3cc(=O)oc4ccc5ccccc5c34)nnc12. The molecule has 0 saturated heterocycles. The second kappa shape index (κ2) is 8.70. The van der Waals surface area contributed by atoms with Crippen LogP contribution < -0.4 is 11.2 Å². The van der Waals surface area contributed by atoms with Crippen LogP contribution in [0.1, 0.15) is 25.3 Å². The molecule has 0 unspecified atom stereocenters. The first-order valence-electron chi connectivity index (χ1n) is 11.6. The quantitative estimate of drug-likeness (QED) is 0.180. The number of para-hydroxylation sites is 1. The van der Waals surface area contributed by atoms with Gasteiger partial charge in [0.25, 0.3) is 5.56 Å². The van der Waals surface area contributed by atoms with Crippen LogP contribution in [0.15, 0.2) is 85.9 Å². The molecule has 3 aromatic heterocycles. The highest BCUT2D eigenvalue weighted by atomic mass is 32.2. The number of nitrogens with zero attached hydrogens (tertiary/aromatic N) is 4. The van der Waals surface area contributed by atoms with Crippen molar-refractivity contribution < 1.29 is 4.42 Å². The van der Waals surface area contributed by atoms with Gasteiger partial charge in [-0.15, -0.1) is 10.2 Å². The van der Waals surface area contributed by atoms with Crippen molar-refractivity contribution >= 4 is 50.2 Å². The summed E-state index contributed by atoms with van der Waals surface area (Å²) in [5, 5.41) is 13.2. The Kier molecular flexibility index (Phi) is 5.37. The molecule has 0 fully saturated rings. The van der Waals surface area contributed by atoms with Gasteiger partial charge in [-0.25, -0.2) is 4.79 Å². The van der Waals surface area contributed by atoms with Crippen molar-refractivity contribution in [2.45, 2.75) is 37.2 Å². The molecule has 3 aromatic carbocycles. The van der Waals surface area contributed by atoms with E-state index < -0.39 is 0 Å². The molecule has 0 spiro atoms. The van der Waals surface area contributed by atoms with E-state index in [1.165, 1.54) is 11.8 Å². The summed E-state index contributed by atoms with van der Waals surface area (Å²) < 4.78 is 9.16. The summed E-state index contributed by atoms with van der Waals surface area (Å²) in [7, 11) is 0. The molecular weight excluding hydrogens is 460 g/mol. The highest BCUT2D eigenvalue weighted by molar-refractivity contribution is 7.98. The number of rotatable bonds is 6. The third-order valence-electron chi connectivity index (χ3n) is 6.28. The minimum Gasteiger partial charge on any atom is -0.423 e. The van der Waals surface area contributed by atoms with Crippen molar-refractivity contribution in [3.8, 4) is 0 Å². The second-order valence-corrected chi connectivity index (χ2v) is 9.43. The molecule has 6 rings (SSSR count). The van der Waals surface area contributed by atoms with Gasteiger partial charge in [-0.05, 0) is 41.0 Å². The lowest BCUT2D eigenvalue weighted by molar-refractivity contribution is 0.560. The van der Waals surface area contributed by atoms with E-state index >= 15 is 0 Å². The molecule has 0 atom stereocenters. The number of thioether (sulfide) groups is 1. The van der Waals surface area contributed by atoms with Gasteiger partial charge in [-0.3, -0.25) is 13.8 Å². The predicted octanol–water partition coefficient (Wildman–Crippen LogP) is 5.40. The first-order valence-corrected chi connectivity index (χ1v) is 12.6. The number of fused-ring (bicyclic) bond motifs is 6. The van der Waals surface area contributed by atoms with Crippen LogP contribution in [0.5, 0.6) is 0 Å². The predicted molar refractivity (Wildman–Crippen MR) is 139 cm³/mol. The number of hydrogen-bond donors (Lipinski definition) is 0. The number of hydrogen-bond acceptors (Lipinski definition) is 6. The molecule has 3 heterocycles. The number of benzene rings is 3. The summed E-state index contributed by atoms with van der Waals surface area (Å²) in [6.07, 6.45) is 1.85. The summed E-state index contributed by atoms with van der Waals surface area (Å²) in [6, 6.07) is 21.0. The molecule has 0 amide bonds. The zero-order valence-electron chi connectivity index (χ0n) is 19.1. The highest BCUT2D eigenvalue weighted by Crippen LogP contribution is 2.31. The lowest BCUT2D eigenvalue weighted by Gasteiger charge is -2.11. The molecular formula is C27H22N4O3S. The molecule has 0 bridgehead atoms. The molecule has 0 aliphatic rings. The van der Waals surface area contributed by atoms with E-state index in [1.54, 1.807) is 10.6 Å². The van der Waals surface area contributed by atoms with Gasteiger partial charge >= 0.3 is 5.63 Å². The molecule has 0 aliphatic carbocycles. The van der Waals surface area contributed by atoms with Gasteiger partial charge < -0.3 is 4.42 Å². The van der Waals surface area contributed by atoms with Gasteiger partial charge in [0, 0.05) is 23.8 Å². The van der Waals surface area contributed by atoms with E-state index in [0.717, 1.165) is 40.1 Å². The summed E-state index contributed by atoms with van der Waals surface area (Å²) >= 11 is 1.49. The van der Waals surface area contributed by atoms with Crippen molar-refractivity contribution in [2.24, 2.45) is 0 Å². The first-order chi connectivity index (χ1) is 17.2. The fraction of sp³-hybridized carbons (Fsp3) is 0.185. The van der Waals surface area contributed by atoms with Crippen LogP contribution in [0.2, 0.25) is 0 Å². The maximum absolute atomic E-state index is 13.2. The Hall–Kier alpha value is -3.91. The summed E-state index contributed by atoms with van der Waals surface area (Å²) in [5.41, 5.74) is 1.78. The number of aryl methyl sites for hydroxylation is 1. The van der Waals surface area contributed by atoms with Crippen molar-refractivity contribution in [3.63, 3.8) is 0 Å². The molecule has 0 radical (unpaired) electrons. The third-order valence-corrected chi connectivity index (χ3v) is 7.26. The minimum absolute atomic E-state index is 0.0522. The largest absolute Gasteiger partial charge is 0.423 e. The fourth-order valence-corrected chi connectivity index (χ4v) is 5.54. The standard InChI is InChI=1S/C27H22N4O3S/c1-2-3-14-30-25(33)20-10-6-7-11-21(20)31-26(30)28-29-27(31)35-16-18-15-23(32)34-22-13-12-17-8-4-5-9-19(17)24(18)22/h4-13,15H,2-3,14,16H2,1H3. The Bertz CT molecular complexity index is 1850. The van der Waals surface area contributed by atoms with Gasteiger partial charge in [-0.1, -0.05) is 67.6 Å². The lowest BCUT2D eigenvalue weighted by atomic mass is 10.0. The normalized spacial score (nSPS) is 11.8. The van der Waals surface area contributed by atoms with Gasteiger partial charge in [0.2, 0.25) is 5.78 Å². The molecule has 174 valence electrons. The Morgan fingerprint density at radius 2 is 1.74 bits per heavy atom. The Balaban J connectivity index is 1.50. The van der Waals surface area contributed by atoms with Crippen molar-refractivity contribution in [2.75, 3.05) is 0 Å². The monoisotopic (exact) mass is 482 g/mol. The molecule has 0 aliphatic heterocycles. The van der Waals surface area contributed by atoms with Crippen molar-refractivity contribution in [1.29, 1.82) is 0 Å². The summed E-state index contributed by atoms with van der Waals surface area (Å²) in [5.74, 6) is 1.03. The van der Waals surface area contributed by atoms with Gasteiger partial charge in [0.15, 0.2) is 5.16 Å². The van der Waals surface area contributed by atoms with E-state index in [2.05, 4.69) is 17.1 Å². The second-order valence-electron chi connectivity index (χ2n) is 8.48. The Morgan fingerprint density at radius 1 is 0.943 bits per heavy atom. The highest BCUT2D eigenvalue weighted by Gasteiger charge is 2.18. The van der Waals surface area contributed by atoms with Gasteiger partial charge in [-0.2, -0.15) is 0 Å². The van der Waals surface area contributed by atoms with E-state index in [4.69, 9.17) is 4.42 Å². The van der Waals surface area contributed by atoms with E-state index in [-0.39, 0.29) is 11.2 Å². The zero-order valence-corrected chi connectivity index (χ0v) is 19.9. The molecule has 35 heavy (non-hydrogen) atoms. The molecule has 0 saturated carbocycles. The Morgan fingerprint density at radius 3 is 2.60 bits per heavy atom. The van der Waals surface area contributed by atoms with Crippen LogP contribution in [-0.4, -0.2) is 19.2 Å². The maximum Gasteiger partial charge on any atom is 0.336 e. The molecule has 0 N–H and O–H groups in total. The fourth-order valence-electron chi connectivity index (χ4n) is 4.62. The topological polar surface area (TPSA) is 82.4 Å². The van der Waals surface area contributed by atoms with Crippen LogP contribution >= 0.6 is 11.8 Å². The molecule has 7 nitrogen and oxygen atoms in total.